The lowest BCUT2D eigenvalue weighted by Gasteiger charge is -2.14. The predicted octanol–water partition coefficient (Wildman–Crippen LogP) is -1.00. The average Bonchev–Trinajstić information content (AvgIpc) is 2.94. The van der Waals surface area contributed by atoms with Gasteiger partial charge in [0.25, 0.3) is 5.56 Å². The van der Waals surface area contributed by atoms with Crippen LogP contribution in [0.25, 0.3) is 11.2 Å². The van der Waals surface area contributed by atoms with Crippen molar-refractivity contribution in [2.24, 2.45) is 0 Å². The fraction of sp³-hybridized carbons (Fsp3) is 0.545. The van der Waals surface area contributed by atoms with Crippen LogP contribution < -0.4 is 11.3 Å². The Morgan fingerprint density at radius 3 is 3.25 bits per heavy atom. The fourth-order valence-electron chi connectivity index (χ4n) is 2.35. The summed E-state index contributed by atoms with van der Waals surface area (Å²) in [6, 6.07) is 0. The zero-order valence-electron chi connectivity index (χ0n) is 10.8. The molecule has 0 bridgehead atoms. The Labute approximate surface area is 113 Å². The van der Waals surface area contributed by atoms with E-state index in [0.717, 1.165) is 0 Å². The van der Waals surface area contributed by atoms with E-state index in [0.29, 0.717) is 18.7 Å². The summed E-state index contributed by atoms with van der Waals surface area (Å²) in [6.07, 6.45) is 0.314. The molecule has 2 aromatic heterocycles. The summed E-state index contributed by atoms with van der Waals surface area (Å²) < 4.78 is 12.3. The van der Waals surface area contributed by atoms with Gasteiger partial charge >= 0.3 is 0 Å². The molecule has 20 heavy (non-hydrogen) atoms. The van der Waals surface area contributed by atoms with Crippen LogP contribution in [0, 0.1) is 0 Å². The van der Waals surface area contributed by atoms with Gasteiger partial charge in [-0.25, -0.2) is 4.98 Å². The SMILES string of the molecule is COCC1OC(n2cnc3c(=O)[nH]c(N)nc32)CC1O. The van der Waals surface area contributed by atoms with Crippen LogP contribution in [0.15, 0.2) is 11.1 Å². The molecule has 3 rings (SSSR count). The molecule has 2 aromatic rings. The number of rotatable bonds is 3. The highest BCUT2D eigenvalue weighted by atomic mass is 16.6. The van der Waals surface area contributed by atoms with E-state index in [4.69, 9.17) is 15.2 Å². The van der Waals surface area contributed by atoms with Crippen molar-refractivity contribution in [3.05, 3.63) is 16.7 Å². The molecule has 0 saturated carbocycles. The van der Waals surface area contributed by atoms with Crippen molar-refractivity contribution in [1.29, 1.82) is 0 Å². The summed E-state index contributed by atoms with van der Waals surface area (Å²) in [5.74, 6) is 0.0104. The van der Waals surface area contributed by atoms with Gasteiger partial charge in [-0.15, -0.1) is 0 Å². The van der Waals surface area contributed by atoms with Gasteiger partial charge < -0.3 is 20.3 Å². The lowest BCUT2D eigenvalue weighted by Crippen LogP contribution is -2.25. The summed E-state index contributed by atoms with van der Waals surface area (Å²) in [5, 5.41) is 9.92. The number of imidazole rings is 1. The molecule has 3 unspecified atom stereocenters. The third-order valence-electron chi connectivity index (χ3n) is 3.30. The number of hydrogen-bond donors (Lipinski definition) is 3. The molecule has 1 saturated heterocycles. The van der Waals surface area contributed by atoms with Crippen molar-refractivity contribution < 1.29 is 14.6 Å². The third-order valence-corrected chi connectivity index (χ3v) is 3.30. The number of nitrogen functional groups attached to an aromatic ring is 1. The molecule has 0 amide bonds. The number of hydrogen-bond acceptors (Lipinski definition) is 7. The normalized spacial score (nSPS) is 26.4. The molecule has 9 nitrogen and oxygen atoms in total. The molecule has 3 heterocycles. The smallest absolute Gasteiger partial charge is 0.280 e. The number of fused-ring (bicyclic) bond motifs is 1. The molecular weight excluding hydrogens is 266 g/mol. The van der Waals surface area contributed by atoms with Crippen LogP contribution in [0.3, 0.4) is 0 Å². The van der Waals surface area contributed by atoms with Crippen molar-refractivity contribution in [1.82, 2.24) is 19.5 Å². The maximum Gasteiger partial charge on any atom is 0.280 e. The minimum absolute atomic E-state index is 0.0104. The molecule has 0 aliphatic carbocycles. The highest BCUT2D eigenvalue weighted by molar-refractivity contribution is 5.70. The van der Waals surface area contributed by atoms with Gasteiger partial charge in [-0.3, -0.25) is 14.3 Å². The standard InChI is InChI=1S/C11H15N5O4/c1-19-3-6-5(17)2-7(20-6)16-4-13-8-9(16)14-11(12)15-10(8)18/h4-7,17H,2-3H2,1H3,(H3,12,14,15,18). The molecule has 1 fully saturated rings. The molecule has 9 heteroatoms. The minimum Gasteiger partial charge on any atom is -0.390 e. The second kappa shape index (κ2) is 4.85. The van der Waals surface area contributed by atoms with Crippen LogP contribution in [0.1, 0.15) is 12.6 Å². The summed E-state index contributed by atoms with van der Waals surface area (Å²) in [6.45, 7) is 0.292. The van der Waals surface area contributed by atoms with E-state index < -0.39 is 24.0 Å². The first-order chi connectivity index (χ1) is 9.60. The number of H-pyrrole nitrogens is 1. The summed E-state index contributed by atoms with van der Waals surface area (Å²) in [7, 11) is 1.54. The average molecular weight is 281 g/mol. The molecule has 0 radical (unpaired) electrons. The quantitative estimate of drug-likeness (QED) is 0.658. The van der Waals surface area contributed by atoms with Crippen LogP contribution in [-0.4, -0.2) is 50.6 Å². The van der Waals surface area contributed by atoms with Gasteiger partial charge in [0.2, 0.25) is 5.95 Å². The van der Waals surface area contributed by atoms with E-state index in [1.165, 1.54) is 13.4 Å². The number of aliphatic hydroxyl groups excluding tert-OH is 1. The second-order valence-electron chi connectivity index (χ2n) is 4.66. The van der Waals surface area contributed by atoms with Crippen LogP contribution in [-0.2, 0) is 9.47 Å². The first kappa shape index (κ1) is 13.0. The molecular formula is C11H15N5O4. The number of aromatic amines is 1. The largest absolute Gasteiger partial charge is 0.390 e. The Hall–Kier alpha value is -1.97. The zero-order chi connectivity index (χ0) is 14.3. The Kier molecular flexibility index (Phi) is 3.16. The first-order valence-electron chi connectivity index (χ1n) is 6.15. The number of anilines is 1. The monoisotopic (exact) mass is 281 g/mol. The van der Waals surface area contributed by atoms with Crippen LogP contribution in [0.2, 0.25) is 0 Å². The van der Waals surface area contributed by atoms with E-state index in [-0.39, 0.29) is 11.5 Å². The van der Waals surface area contributed by atoms with E-state index >= 15 is 0 Å². The Balaban J connectivity index is 1.98. The number of methoxy groups -OCH3 is 1. The number of aliphatic hydroxyl groups is 1. The van der Waals surface area contributed by atoms with E-state index in [1.54, 1.807) is 4.57 Å². The predicted molar refractivity (Wildman–Crippen MR) is 69.0 cm³/mol. The molecule has 1 aliphatic rings. The van der Waals surface area contributed by atoms with E-state index in [2.05, 4.69) is 15.0 Å². The Morgan fingerprint density at radius 1 is 1.70 bits per heavy atom. The molecule has 0 spiro atoms. The number of nitrogens with one attached hydrogen (secondary N) is 1. The highest BCUT2D eigenvalue weighted by Crippen LogP contribution is 2.30. The van der Waals surface area contributed by atoms with Gasteiger partial charge in [0, 0.05) is 13.5 Å². The maximum atomic E-state index is 11.7. The van der Waals surface area contributed by atoms with Gasteiger partial charge in [-0.2, -0.15) is 4.98 Å². The molecule has 0 aromatic carbocycles. The number of aromatic nitrogens is 4. The first-order valence-corrected chi connectivity index (χ1v) is 6.15. The van der Waals surface area contributed by atoms with Crippen LogP contribution in [0.5, 0.6) is 0 Å². The van der Waals surface area contributed by atoms with E-state index in [9.17, 15) is 9.90 Å². The van der Waals surface area contributed by atoms with Gasteiger partial charge in [0.15, 0.2) is 11.2 Å². The molecule has 4 N–H and O–H groups in total. The van der Waals surface area contributed by atoms with Gasteiger partial charge in [0.05, 0.1) is 19.0 Å². The van der Waals surface area contributed by atoms with Crippen LogP contribution >= 0.6 is 0 Å². The van der Waals surface area contributed by atoms with Crippen molar-refractivity contribution in [2.75, 3.05) is 19.5 Å². The summed E-state index contributed by atoms with van der Waals surface area (Å²) in [4.78, 5) is 22.2. The maximum absolute atomic E-state index is 11.7. The van der Waals surface area contributed by atoms with Crippen LogP contribution in [0.4, 0.5) is 5.95 Å². The topological polar surface area (TPSA) is 128 Å². The minimum atomic E-state index is -0.642. The zero-order valence-corrected chi connectivity index (χ0v) is 10.8. The summed E-state index contributed by atoms with van der Waals surface area (Å²) in [5.41, 5.74) is 5.65. The van der Waals surface area contributed by atoms with Gasteiger partial charge in [0.1, 0.15) is 12.3 Å². The lowest BCUT2D eigenvalue weighted by atomic mass is 10.2. The van der Waals surface area contributed by atoms with Crippen molar-refractivity contribution in [2.45, 2.75) is 24.9 Å². The molecule has 108 valence electrons. The van der Waals surface area contributed by atoms with Gasteiger partial charge in [-0.1, -0.05) is 0 Å². The summed E-state index contributed by atoms with van der Waals surface area (Å²) >= 11 is 0. The van der Waals surface area contributed by atoms with E-state index in [1.807, 2.05) is 0 Å². The van der Waals surface area contributed by atoms with Crippen molar-refractivity contribution >= 4 is 17.1 Å². The second-order valence-corrected chi connectivity index (χ2v) is 4.66. The number of nitrogens with zero attached hydrogens (tertiary/aromatic N) is 3. The lowest BCUT2D eigenvalue weighted by molar-refractivity contribution is -0.0523. The fourth-order valence-corrected chi connectivity index (χ4v) is 2.35. The third kappa shape index (κ3) is 2.05. The Morgan fingerprint density at radius 2 is 2.50 bits per heavy atom. The Bertz CT molecular complexity index is 681. The number of ether oxygens (including phenoxy) is 2. The number of nitrogens with two attached hydrogens (primary N) is 1. The molecule has 1 aliphatic heterocycles. The molecule has 3 atom stereocenters. The van der Waals surface area contributed by atoms with Crippen molar-refractivity contribution in [3.8, 4) is 0 Å². The highest BCUT2D eigenvalue weighted by Gasteiger charge is 2.35. The van der Waals surface area contributed by atoms with Crippen molar-refractivity contribution in [3.63, 3.8) is 0 Å². The van der Waals surface area contributed by atoms with Gasteiger partial charge in [-0.05, 0) is 0 Å².